The van der Waals surface area contributed by atoms with E-state index < -0.39 is 20.0 Å². The molecule has 0 aliphatic carbocycles. The number of rotatable bonds is 24. The van der Waals surface area contributed by atoms with Gasteiger partial charge in [0.2, 0.25) is 5.91 Å². The summed E-state index contributed by atoms with van der Waals surface area (Å²) in [4.78, 5) is 24.6. The van der Waals surface area contributed by atoms with Crippen LogP contribution in [0.5, 0.6) is 0 Å². The number of nitrogens with one attached hydrogen (secondary N) is 1. The molecule has 1 amide bonds. The minimum absolute atomic E-state index is 0.000206. The maximum atomic E-state index is 12.4. The van der Waals surface area contributed by atoms with E-state index in [4.69, 9.17) is 9.05 Å². The van der Waals surface area contributed by atoms with Gasteiger partial charge in [-0.05, 0) is 19.3 Å². The first-order valence-electron chi connectivity index (χ1n) is 14.1. The van der Waals surface area contributed by atoms with Crippen molar-refractivity contribution in [3.05, 3.63) is 12.2 Å². The first-order chi connectivity index (χ1) is 17.0. The molecule has 0 saturated carbocycles. The Hall–Kier alpha value is -0.760. The molecule has 0 aromatic heterocycles. The first kappa shape index (κ1) is 35.2. The fraction of sp³-hybridized carbons (Fsp3) is 0.889. The molecule has 0 spiro atoms. The molecule has 8 nitrogen and oxygen atoms in total. The van der Waals surface area contributed by atoms with Gasteiger partial charge in [0.05, 0.1) is 39.9 Å². The van der Waals surface area contributed by atoms with E-state index in [1.54, 1.807) is 6.08 Å². The molecule has 0 aliphatic heterocycles. The number of phosphoric acid groups is 1. The molecule has 0 fully saturated rings. The Morgan fingerprint density at radius 2 is 1.50 bits per heavy atom. The highest BCUT2D eigenvalue weighted by atomic mass is 31.2. The van der Waals surface area contributed by atoms with Crippen LogP contribution < -0.4 is 10.2 Å². The van der Waals surface area contributed by atoms with Gasteiger partial charge in [-0.1, -0.05) is 90.2 Å². The largest absolute Gasteiger partial charge is 0.756 e. The molecular formula is C27H55N2O6P. The van der Waals surface area contributed by atoms with E-state index in [1.165, 1.54) is 38.5 Å². The Morgan fingerprint density at radius 1 is 0.944 bits per heavy atom. The average Bonchev–Trinajstić information content (AvgIpc) is 2.79. The molecule has 3 atom stereocenters. The van der Waals surface area contributed by atoms with Crippen LogP contribution in [0.1, 0.15) is 104 Å². The zero-order valence-electron chi connectivity index (χ0n) is 23.7. The third kappa shape index (κ3) is 22.4. The zero-order chi connectivity index (χ0) is 27.3. The maximum absolute atomic E-state index is 12.4. The third-order valence-corrected chi connectivity index (χ3v) is 6.96. The van der Waals surface area contributed by atoms with Gasteiger partial charge in [-0.25, -0.2) is 0 Å². The van der Waals surface area contributed by atoms with Crippen molar-refractivity contribution in [3.63, 3.8) is 0 Å². The van der Waals surface area contributed by atoms with Crippen molar-refractivity contribution in [2.75, 3.05) is 40.9 Å². The first-order valence-corrected chi connectivity index (χ1v) is 15.5. The summed E-state index contributed by atoms with van der Waals surface area (Å²) in [6.07, 6.45) is 17.3. The molecule has 0 rings (SSSR count). The zero-order valence-corrected chi connectivity index (χ0v) is 24.6. The molecular weight excluding hydrogens is 479 g/mol. The van der Waals surface area contributed by atoms with Crippen LogP contribution in [0, 0.1) is 0 Å². The van der Waals surface area contributed by atoms with Crippen LogP contribution in [-0.4, -0.2) is 68.5 Å². The topological polar surface area (TPSA) is 108 Å². The second kappa shape index (κ2) is 21.2. The number of nitrogens with zero attached hydrogens (tertiary/aromatic N) is 1. The normalized spacial score (nSPS) is 15.6. The van der Waals surface area contributed by atoms with E-state index in [0.29, 0.717) is 17.4 Å². The summed E-state index contributed by atoms with van der Waals surface area (Å²) in [7, 11) is 1.25. The second-order valence-corrected chi connectivity index (χ2v) is 12.2. The van der Waals surface area contributed by atoms with E-state index >= 15 is 0 Å². The molecule has 3 unspecified atom stereocenters. The van der Waals surface area contributed by atoms with Gasteiger partial charge < -0.3 is 28.8 Å². The van der Waals surface area contributed by atoms with Crippen LogP contribution in [0.4, 0.5) is 0 Å². The van der Waals surface area contributed by atoms with Gasteiger partial charge in [0, 0.05) is 6.42 Å². The lowest BCUT2D eigenvalue weighted by molar-refractivity contribution is -0.870. The number of hydrogen-bond acceptors (Lipinski definition) is 6. The van der Waals surface area contributed by atoms with E-state index in [2.05, 4.69) is 19.2 Å². The van der Waals surface area contributed by atoms with Crippen LogP contribution in [-0.2, 0) is 18.4 Å². The Morgan fingerprint density at radius 3 is 2.08 bits per heavy atom. The van der Waals surface area contributed by atoms with Crippen LogP contribution in [0.2, 0.25) is 0 Å². The molecule has 0 saturated heterocycles. The molecule has 0 aliphatic rings. The summed E-state index contributed by atoms with van der Waals surface area (Å²) >= 11 is 0. The minimum Gasteiger partial charge on any atom is -0.756 e. The summed E-state index contributed by atoms with van der Waals surface area (Å²) in [6, 6.07) is -0.872. The number of allylic oxidation sites excluding steroid dienone is 1. The summed E-state index contributed by atoms with van der Waals surface area (Å²) < 4.78 is 22.7. The molecule has 0 aromatic rings. The van der Waals surface area contributed by atoms with Gasteiger partial charge >= 0.3 is 0 Å². The number of amides is 1. The lowest BCUT2D eigenvalue weighted by atomic mass is 10.1. The lowest BCUT2D eigenvalue weighted by Crippen LogP contribution is -2.45. The fourth-order valence-corrected chi connectivity index (χ4v) is 4.34. The van der Waals surface area contributed by atoms with Crippen molar-refractivity contribution in [2.45, 2.75) is 116 Å². The Balaban J connectivity index is 4.67. The van der Waals surface area contributed by atoms with E-state index in [-0.39, 0.29) is 19.1 Å². The Labute approximate surface area is 221 Å². The van der Waals surface area contributed by atoms with Crippen molar-refractivity contribution in [1.82, 2.24) is 5.32 Å². The number of phosphoric ester groups is 1. The smallest absolute Gasteiger partial charge is 0.268 e. The van der Waals surface area contributed by atoms with Crippen LogP contribution >= 0.6 is 7.82 Å². The number of likely N-dealkylation sites (N-methyl/N-ethyl adjacent to an activating group) is 1. The summed E-state index contributed by atoms with van der Waals surface area (Å²) in [5.41, 5.74) is 0. The molecule has 0 heterocycles. The number of quaternary nitrogens is 1. The number of aliphatic hydroxyl groups is 1. The highest BCUT2D eigenvalue weighted by Crippen LogP contribution is 2.38. The quantitative estimate of drug-likeness (QED) is 0.0772. The number of carbonyl (C=O) groups is 1. The molecule has 214 valence electrons. The average molecular weight is 535 g/mol. The molecule has 0 aromatic carbocycles. The van der Waals surface area contributed by atoms with E-state index in [9.17, 15) is 19.4 Å². The molecule has 2 N–H and O–H groups in total. The molecule has 9 heteroatoms. The number of unbranched alkanes of at least 4 members (excludes halogenated alkanes) is 11. The van der Waals surface area contributed by atoms with Gasteiger partial charge in [0.1, 0.15) is 13.2 Å². The SMILES string of the molecule is CCCCCCCCCC/C=C/C(O)C(COP(=O)([O-])OCC[N+](C)(C)C)NC(=O)CCCCCC. The number of carbonyl (C=O) groups excluding carboxylic acids is 1. The van der Waals surface area contributed by atoms with Gasteiger partial charge in [0.15, 0.2) is 0 Å². The maximum Gasteiger partial charge on any atom is 0.268 e. The predicted molar refractivity (Wildman–Crippen MR) is 145 cm³/mol. The van der Waals surface area contributed by atoms with Gasteiger partial charge in [0.25, 0.3) is 7.82 Å². The van der Waals surface area contributed by atoms with Crippen molar-refractivity contribution in [3.8, 4) is 0 Å². The van der Waals surface area contributed by atoms with Crippen molar-refractivity contribution in [1.29, 1.82) is 0 Å². The Kier molecular flexibility index (Phi) is 20.8. The second-order valence-electron chi connectivity index (χ2n) is 10.8. The highest BCUT2D eigenvalue weighted by molar-refractivity contribution is 7.45. The standard InChI is InChI=1S/C27H55N2O6P/c1-6-8-10-12-13-14-15-16-17-18-20-26(30)25(28-27(31)21-19-11-9-7-2)24-35-36(32,33)34-23-22-29(3,4)5/h18,20,25-26,30H,6-17,19,21-24H2,1-5H3,(H-,28,31,32,33)/b20-18+. The summed E-state index contributed by atoms with van der Waals surface area (Å²) in [6.45, 7) is 4.44. The van der Waals surface area contributed by atoms with Gasteiger partial charge in [-0.15, -0.1) is 0 Å². The summed E-state index contributed by atoms with van der Waals surface area (Å²) in [5.74, 6) is -0.220. The molecule has 0 radical (unpaired) electrons. The molecule has 36 heavy (non-hydrogen) atoms. The lowest BCUT2D eigenvalue weighted by Gasteiger charge is -2.29. The van der Waals surface area contributed by atoms with Crippen molar-refractivity contribution < 1.29 is 32.9 Å². The van der Waals surface area contributed by atoms with Gasteiger partial charge in [-0.3, -0.25) is 9.36 Å². The monoisotopic (exact) mass is 534 g/mol. The van der Waals surface area contributed by atoms with E-state index in [0.717, 1.165) is 44.9 Å². The van der Waals surface area contributed by atoms with E-state index in [1.807, 2.05) is 27.2 Å². The van der Waals surface area contributed by atoms with Crippen molar-refractivity contribution >= 4 is 13.7 Å². The van der Waals surface area contributed by atoms with Crippen molar-refractivity contribution in [2.24, 2.45) is 0 Å². The number of hydrogen-bond donors (Lipinski definition) is 2. The predicted octanol–water partition coefficient (Wildman–Crippen LogP) is 5.10. The minimum atomic E-state index is -4.55. The Bertz CT molecular complexity index is 624. The van der Waals surface area contributed by atoms with Gasteiger partial charge in [-0.2, -0.15) is 0 Å². The third-order valence-electron chi connectivity index (χ3n) is 6.00. The van der Waals surface area contributed by atoms with Crippen LogP contribution in [0.3, 0.4) is 0 Å². The number of aliphatic hydroxyl groups excluding tert-OH is 1. The highest BCUT2D eigenvalue weighted by Gasteiger charge is 2.23. The van der Waals surface area contributed by atoms with Crippen LogP contribution in [0.25, 0.3) is 0 Å². The molecule has 0 bridgehead atoms. The fourth-order valence-electron chi connectivity index (χ4n) is 3.62. The summed E-state index contributed by atoms with van der Waals surface area (Å²) in [5, 5.41) is 13.4. The van der Waals surface area contributed by atoms with Crippen LogP contribution in [0.15, 0.2) is 12.2 Å².